The van der Waals surface area contributed by atoms with E-state index in [1.54, 1.807) is 12.4 Å². The first kappa shape index (κ1) is 23.5. The minimum atomic E-state index is -0.436. The van der Waals surface area contributed by atoms with Crippen molar-refractivity contribution in [1.82, 2.24) is 0 Å². The highest BCUT2D eigenvalue weighted by molar-refractivity contribution is 5.50. The van der Waals surface area contributed by atoms with Crippen LogP contribution in [0.25, 0.3) is 0 Å². The van der Waals surface area contributed by atoms with Crippen LogP contribution in [0.2, 0.25) is 0 Å². The minimum Gasteiger partial charge on any atom is -0.291 e. The predicted octanol–water partition coefficient (Wildman–Crippen LogP) is 6.18. The fraction of sp³-hybridized carbons (Fsp3) is 0.409. The molecule has 0 aliphatic rings. The average Bonchev–Trinajstić information content (AvgIpc) is 2.63. The van der Waals surface area contributed by atoms with Crippen molar-refractivity contribution in [1.29, 1.82) is 0 Å². The molecule has 0 bridgehead atoms. The molecule has 141 valence electrons. The lowest BCUT2D eigenvalue weighted by Crippen LogP contribution is -1.98. The second kappa shape index (κ2) is 18.8. The van der Waals surface area contributed by atoms with Crippen molar-refractivity contribution in [2.75, 3.05) is 0 Å². The van der Waals surface area contributed by atoms with E-state index in [-0.39, 0.29) is 18.5 Å². The quantitative estimate of drug-likeness (QED) is 0.200. The highest BCUT2D eigenvalue weighted by Crippen LogP contribution is 2.06. The molecule has 0 aliphatic carbocycles. The molecule has 0 aromatic heterocycles. The first-order chi connectivity index (χ1) is 12.7. The summed E-state index contributed by atoms with van der Waals surface area (Å²) in [6.45, 7) is 2.13. The molecule has 4 heteroatoms. The Balaban J connectivity index is 3.83. The highest BCUT2D eigenvalue weighted by atomic mass is 16.6. The zero-order valence-corrected chi connectivity index (χ0v) is 15.7. The summed E-state index contributed by atoms with van der Waals surface area (Å²) in [5.74, 6) is 0. The molecule has 0 unspecified atom stereocenters. The van der Waals surface area contributed by atoms with Gasteiger partial charge < -0.3 is 0 Å². The molecule has 0 aromatic carbocycles. The fourth-order valence-electron chi connectivity index (χ4n) is 2.00. The van der Waals surface area contributed by atoms with E-state index in [0.29, 0.717) is 6.42 Å². The monoisotopic (exact) mass is 356 g/mol. The van der Waals surface area contributed by atoms with Gasteiger partial charge in [-0.1, -0.05) is 67.7 Å². The maximum atomic E-state index is 10.8. The number of allylic oxidation sites excluding steroid dienone is 12. The lowest BCUT2D eigenvalue weighted by molar-refractivity contribution is -0.428. The van der Waals surface area contributed by atoms with Crippen LogP contribution in [-0.2, 0) is 4.79 Å². The lowest BCUT2D eigenvalue weighted by Gasteiger charge is -1.93. The van der Waals surface area contributed by atoms with Crippen molar-refractivity contribution in [2.45, 2.75) is 58.3 Å². The Bertz CT molecular complexity index is 552. The number of hydrogen-bond acceptors (Lipinski definition) is 3. The maximum Gasteiger partial charge on any atom is 0.243 e. The van der Waals surface area contributed by atoms with Crippen molar-refractivity contribution in [3.8, 4) is 0 Å². The van der Waals surface area contributed by atoms with Crippen molar-refractivity contribution in [2.24, 2.45) is 0 Å². The number of carbonyl (C=O) groups excluding carboxylic acids is 1. The van der Waals surface area contributed by atoms with Gasteiger partial charge in [-0.25, -0.2) is 0 Å². The van der Waals surface area contributed by atoms with Crippen LogP contribution in [0.4, 0.5) is 0 Å². The summed E-state index contributed by atoms with van der Waals surface area (Å²) >= 11 is 0. The summed E-state index contributed by atoms with van der Waals surface area (Å²) in [4.78, 5) is 20.5. The van der Waals surface area contributed by atoms with E-state index in [1.807, 2.05) is 12.2 Å². The van der Waals surface area contributed by atoms with Gasteiger partial charge >= 0.3 is 0 Å². The van der Waals surface area contributed by atoms with Gasteiger partial charge in [0.1, 0.15) is 0 Å². The van der Waals surface area contributed by atoms with Crippen molar-refractivity contribution in [3.63, 3.8) is 0 Å². The van der Waals surface area contributed by atoms with Crippen LogP contribution in [0.15, 0.2) is 72.5 Å². The van der Waals surface area contributed by atoms with Gasteiger partial charge in [-0.3, -0.25) is 14.9 Å². The normalized spacial score (nSPS) is 13.2. The van der Waals surface area contributed by atoms with E-state index in [0.717, 1.165) is 32.1 Å². The SMILES string of the molecule is CC/C=C\C/C=C\C/C=C\C/C=C\C/C=C\C/C=C(\CC[C]=O)[N+](=O)[O-]. The van der Waals surface area contributed by atoms with E-state index in [2.05, 4.69) is 55.5 Å². The van der Waals surface area contributed by atoms with E-state index in [1.165, 1.54) is 0 Å². The molecule has 0 heterocycles. The maximum absolute atomic E-state index is 10.8. The van der Waals surface area contributed by atoms with Crippen LogP contribution in [0, 0.1) is 10.1 Å². The van der Waals surface area contributed by atoms with Crippen molar-refractivity contribution < 1.29 is 9.72 Å². The van der Waals surface area contributed by atoms with Crippen LogP contribution < -0.4 is 0 Å². The molecular formula is C22H30NO3. The molecule has 26 heavy (non-hydrogen) atoms. The second-order valence-electron chi connectivity index (χ2n) is 5.54. The zero-order chi connectivity index (χ0) is 19.3. The van der Waals surface area contributed by atoms with Gasteiger partial charge in [-0.05, 0) is 44.6 Å². The van der Waals surface area contributed by atoms with E-state index in [4.69, 9.17) is 0 Å². The number of nitro groups is 1. The van der Waals surface area contributed by atoms with Crippen molar-refractivity contribution >= 4 is 6.29 Å². The molecule has 0 aliphatic heterocycles. The van der Waals surface area contributed by atoms with Crippen LogP contribution in [-0.4, -0.2) is 11.2 Å². The zero-order valence-electron chi connectivity index (χ0n) is 15.7. The van der Waals surface area contributed by atoms with Gasteiger partial charge in [0.15, 0.2) is 6.29 Å². The van der Waals surface area contributed by atoms with Crippen LogP contribution in [0.1, 0.15) is 58.3 Å². The fourth-order valence-corrected chi connectivity index (χ4v) is 2.00. The predicted molar refractivity (Wildman–Crippen MR) is 109 cm³/mol. The third kappa shape index (κ3) is 16.4. The standard InChI is InChI=1S/C22H30NO3/c1-2-3-4-5-6-7-8-9-10-11-12-13-14-15-16-17-19-22(23(25)26)20-18-21-24/h3-4,6-7,9-10,12-13,15-16,19H,2,5,8,11,14,17-18,20H2,1H3/b4-3-,7-6-,10-9-,13-12-,16-15-,22-19+. The largest absolute Gasteiger partial charge is 0.291 e. The van der Waals surface area contributed by atoms with Crippen LogP contribution >= 0.6 is 0 Å². The molecule has 0 rings (SSSR count). The van der Waals surface area contributed by atoms with Gasteiger partial charge in [0.2, 0.25) is 5.70 Å². The molecule has 1 radical (unpaired) electrons. The molecule has 0 atom stereocenters. The van der Waals surface area contributed by atoms with E-state index in [9.17, 15) is 14.9 Å². The first-order valence-electron chi connectivity index (χ1n) is 9.15. The molecular weight excluding hydrogens is 326 g/mol. The third-order valence-corrected chi connectivity index (χ3v) is 3.36. The Morgan fingerprint density at radius 2 is 1.23 bits per heavy atom. The second-order valence-corrected chi connectivity index (χ2v) is 5.54. The molecule has 0 saturated heterocycles. The van der Waals surface area contributed by atoms with Crippen LogP contribution in [0.3, 0.4) is 0 Å². The van der Waals surface area contributed by atoms with Crippen molar-refractivity contribution in [3.05, 3.63) is 82.6 Å². The van der Waals surface area contributed by atoms with E-state index < -0.39 is 4.92 Å². The topological polar surface area (TPSA) is 60.2 Å². The lowest BCUT2D eigenvalue weighted by atomic mass is 10.2. The molecule has 0 spiro atoms. The first-order valence-corrected chi connectivity index (χ1v) is 9.15. The smallest absolute Gasteiger partial charge is 0.243 e. The Labute approximate surface area is 157 Å². The number of nitrogens with zero attached hydrogens (tertiary/aromatic N) is 1. The summed E-state index contributed by atoms with van der Waals surface area (Å²) in [5.41, 5.74) is 0.0779. The Kier molecular flexibility index (Phi) is 17.0. The average molecular weight is 356 g/mol. The van der Waals surface area contributed by atoms with Gasteiger partial charge in [-0.2, -0.15) is 0 Å². The molecule has 0 saturated carbocycles. The highest BCUT2D eigenvalue weighted by Gasteiger charge is 2.08. The number of rotatable bonds is 15. The van der Waals surface area contributed by atoms with Gasteiger partial charge in [-0.15, -0.1) is 0 Å². The number of hydrogen-bond donors (Lipinski definition) is 0. The summed E-state index contributed by atoms with van der Waals surface area (Å²) in [5, 5.41) is 10.8. The molecule has 4 nitrogen and oxygen atoms in total. The van der Waals surface area contributed by atoms with Gasteiger partial charge in [0.05, 0.1) is 4.92 Å². The summed E-state index contributed by atoms with van der Waals surface area (Å²) in [6, 6.07) is 0. The molecule has 0 aromatic rings. The minimum absolute atomic E-state index is 0.0679. The molecule has 0 N–H and O–H groups in total. The van der Waals surface area contributed by atoms with E-state index >= 15 is 0 Å². The Morgan fingerprint density at radius 3 is 1.62 bits per heavy atom. The third-order valence-electron chi connectivity index (χ3n) is 3.36. The Hall–Kier alpha value is -2.49. The molecule has 0 fully saturated rings. The summed E-state index contributed by atoms with van der Waals surface area (Å²) < 4.78 is 0. The molecule has 0 amide bonds. The Morgan fingerprint density at radius 1 is 0.808 bits per heavy atom. The summed E-state index contributed by atoms with van der Waals surface area (Å²) in [6.07, 6.45) is 29.7. The van der Waals surface area contributed by atoms with Gasteiger partial charge in [0.25, 0.3) is 0 Å². The summed E-state index contributed by atoms with van der Waals surface area (Å²) in [7, 11) is 0. The van der Waals surface area contributed by atoms with Crippen LogP contribution in [0.5, 0.6) is 0 Å². The van der Waals surface area contributed by atoms with Gasteiger partial charge in [0, 0.05) is 12.8 Å².